The Bertz CT molecular complexity index is 958. The highest BCUT2D eigenvalue weighted by Crippen LogP contribution is 2.06. The van der Waals surface area contributed by atoms with Gasteiger partial charge in [-0.25, -0.2) is 10.2 Å². The lowest BCUT2D eigenvalue weighted by Gasteiger charge is -2.19. The summed E-state index contributed by atoms with van der Waals surface area (Å²) in [6, 6.07) is 0. The Morgan fingerprint density at radius 3 is 1.35 bits per heavy atom. The quantitative estimate of drug-likeness (QED) is 0.0489. The Labute approximate surface area is 287 Å². The molecular formula is C31H54N4O14. The number of amides is 5. The van der Waals surface area contributed by atoms with Crippen LogP contribution in [0.15, 0.2) is 12.2 Å². The van der Waals surface area contributed by atoms with E-state index in [0.717, 1.165) is 4.90 Å². The standard InChI is InChI=1S/C31H54N4O14/c1-31(2,3)49-30(40)34-33-27(37)7-10-41-12-14-43-16-18-45-20-22-47-24-25-48-23-21-46-19-17-44-15-13-42-11-8-32-26(36)6-9-35-28(38)4-5-29(35)39/h4-5H,6-25H2,1-3H3,(H,32,36)(H,33,37)(H,34,40). The number of hydrogen-bond acceptors (Lipinski definition) is 14. The van der Waals surface area contributed by atoms with Crippen LogP contribution in [0.2, 0.25) is 0 Å². The van der Waals surface area contributed by atoms with Gasteiger partial charge in [0.15, 0.2) is 0 Å². The summed E-state index contributed by atoms with van der Waals surface area (Å²) in [5, 5.41) is 2.67. The van der Waals surface area contributed by atoms with Gasteiger partial charge in [-0.1, -0.05) is 0 Å². The van der Waals surface area contributed by atoms with E-state index in [-0.39, 0.29) is 31.9 Å². The Hall–Kier alpha value is -3.23. The molecular weight excluding hydrogens is 652 g/mol. The lowest BCUT2D eigenvalue weighted by molar-refractivity contribution is -0.137. The molecule has 0 atom stereocenters. The van der Waals surface area contributed by atoms with E-state index in [1.165, 1.54) is 12.2 Å². The van der Waals surface area contributed by atoms with Gasteiger partial charge >= 0.3 is 6.09 Å². The zero-order valence-corrected chi connectivity index (χ0v) is 29.0. The fraction of sp³-hybridized carbons (Fsp3) is 0.774. The molecule has 0 aliphatic carbocycles. The third-order valence-electron chi connectivity index (χ3n) is 5.81. The van der Waals surface area contributed by atoms with E-state index >= 15 is 0 Å². The summed E-state index contributed by atoms with van der Waals surface area (Å²) in [4.78, 5) is 58.8. The average molecular weight is 707 g/mol. The molecule has 1 rings (SSSR count). The number of rotatable bonds is 30. The minimum absolute atomic E-state index is 0.0443. The number of imide groups is 1. The van der Waals surface area contributed by atoms with Crippen molar-refractivity contribution in [3.8, 4) is 0 Å². The van der Waals surface area contributed by atoms with E-state index in [4.69, 9.17) is 42.6 Å². The highest BCUT2D eigenvalue weighted by molar-refractivity contribution is 6.13. The molecule has 0 aromatic heterocycles. The molecule has 1 aliphatic heterocycles. The lowest BCUT2D eigenvalue weighted by Crippen LogP contribution is -2.44. The molecule has 1 aliphatic rings. The van der Waals surface area contributed by atoms with Gasteiger partial charge in [0.2, 0.25) is 11.8 Å². The Morgan fingerprint density at radius 1 is 0.551 bits per heavy atom. The summed E-state index contributed by atoms with van der Waals surface area (Å²) in [6.45, 7) is 11.8. The van der Waals surface area contributed by atoms with Crippen LogP contribution in [-0.4, -0.2) is 159 Å². The summed E-state index contributed by atoms with van der Waals surface area (Å²) in [6.07, 6.45) is 1.76. The maximum Gasteiger partial charge on any atom is 0.426 e. The van der Waals surface area contributed by atoms with Crippen LogP contribution < -0.4 is 16.2 Å². The molecule has 1 heterocycles. The lowest BCUT2D eigenvalue weighted by atomic mass is 10.2. The molecule has 0 aromatic rings. The minimum Gasteiger partial charge on any atom is -0.443 e. The van der Waals surface area contributed by atoms with Crippen molar-refractivity contribution in [1.29, 1.82) is 0 Å². The predicted molar refractivity (Wildman–Crippen MR) is 172 cm³/mol. The van der Waals surface area contributed by atoms with Gasteiger partial charge in [-0.2, -0.15) is 0 Å². The Morgan fingerprint density at radius 2 is 0.939 bits per heavy atom. The summed E-state index contributed by atoms with van der Waals surface area (Å²) in [5.41, 5.74) is 3.77. The predicted octanol–water partition coefficient (Wildman–Crippen LogP) is -0.503. The second-order valence-electron chi connectivity index (χ2n) is 11.1. The number of carbonyl (C=O) groups is 5. The van der Waals surface area contributed by atoms with Gasteiger partial charge in [0.25, 0.3) is 11.8 Å². The van der Waals surface area contributed by atoms with Gasteiger partial charge in [-0.05, 0) is 20.8 Å². The molecule has 49 heavy (non-hydrogen) atoms. The second-order valence-corrected chi connectivity index (χ2v) is 11.1. The van der Waals surface area contributed by atoms with Crippen molar-refractivity contribution >= 4 is 29.7 Å². The van der Waals surface area contributed by atoms with E-state index in [1.807, 2.05) is 0 Å². The minimum atomic E-state index is -0.734. The van der Waals surface area contributed by atoms with Crippen molar-refractivity contribution in [2.75, 3.05) is 119 Å². The van der Waals surface area contributed by atoms with Gasteiger partial charge in [0.05, 0.1) is 112 Å². The monoisotopic (exact) mass is 706 g/mol. The van der Waals surface area contributed by atoms with Crippen LogP contribution in [0.1, 0.15) is 33.6 Å². The summed E-state index contributed by atoms with van der Waals surface area (Å²) in [7, 11) is 0. The Balaban J connectivity index is 1.70. The molecule has 0 bridgehead atoms. The Kier molecular flexibility index (Phi) is 25.6. The van der Waals surface area contributed by atoms with E-state index in [2.05, 4.69) is 16.2 Å². The van der Waals surface area contributed by atoms with Gasteiger partial charge in [-0.15, -0.1) is 0 Å². The molecule has 18 heteroatoms. The fourth-order valence-corrected chi connectivity index (χ4v) is 3.51. The first kappa shape index (κ1) is 43.8. The number of nitrogens with zero attached hydrogens (tertiary/aromatic N) is 1. The van der Waals surface area contributed by atoms with E-state index in [9.17, 15) is 24.0 Å². The maximum atomic E-state index is 11.8. The van der Waals surface area contributed by atoms with E-state index in [1.54, 1.807) is 20.8 Å². The topological polar surface area (TPSA) is 208 Å². The molecule has 0 saturated heterocycles. The van der Waals surface area contributed by atoms with Crippen molar-refractivity contribution < 1.29 is 66.6 Å². The molecule has 0 saturated carbocycles. The summed E-state index contributed by atoms with van der Waals surface area (Å²) < 4.78 is 48.3. The van der Waals surface area contributed by atoms with E-state index in [0.29, 0.717) is 106 Å². The van der Waals surface area contributed by atoms with Crippen LogP contribution in [0, 0.1) is 0 Å². The number of nitrogens with one attached hydrogen (secondary N) is 3. The first-order chi connectivity index (χ1) is 23.6. The van der Waals surface area contributed by atoms with Crippen LogP contribution >= 0.6 is 0 Å². The van der Waals surface area contributed by atoms with Crippen LogP contribution in [0.4, 0.5) is 4.79 Å². The second kappa shape index (κ2) is 28.6. The normalized spacial score (nSPS) is 12.8. The number of ether oxygens (including phenoxy) is 9. The van der Waals surface area contributed by atoms with Gasteiger partial charge in [0.1, 0.15) is 5.60 Å². The van der Waals surface area contributed by atoms with Gasteiger partial charge < -0.3 is 47.9 Å². The van der Waals surface area contributed by atoms with Gasteiger partial charge in [-0.3, -0.25) is 29.5 Å². The molecule has 5 amide bonds. The number of hydrogen-bond donors (Lipinski definition) is 3. The van der Waals surface area contributed by atoms with E-state index < -0.39 is 29.4 Å². The van der Waals surface area contributed by atoms with Crippen molar-refractivity contribution in [3.05, 3.63) is 12.2 Å². The molecule has 18 nitrogen and oxygen atoms in total. The van der Waals surface area contributed by atoms with Crippen molar-refractivity contribution in [2.45, 2.75) is 39.2 Å². The summed E-state index contributed by atoms with van der Waals surface area (Å²) in [5.74, 6) is -1.47. The van der Waals surface area contributed by atoms with Gasteiger partial charge in [0, 0.05) is 31.7 Å². The van der Waals surface area contributed by atoms with Crippen LogP contribution in [0.5, 0.6) is 0 Å². The van der Waals surface area contributed by atoms with Crippen LogP contribution in [0.25, 0.3) is 0 Å². The fourth-order valence-electron chi connectivity index (χ4n) is 3.51. The third-order valence-corrected chi connectivity index (χ3v) is 5.81. The zero-order chi connectivity index (χ0) is 36.0. The number of hydrazine groups is 1. The van der Waals surface area contributed by atoms with Crippen LogP contribution in [-0.2, 0) is 61.8 Å². The molecule has 0 spiro atoms. The first-order valence-electron chi connectivity index (χ1n) is 16.3. The van der Waals surface area contributed by atoms with Crippen molar-refractivity contribution in [1.82, 2.24) is 21.1 Å². The van der Waals surface area contributed by atoms with Crippen LogP contribution in [0.3, 0.4) is 0 Å². The first-order valence-corrected chi connectivity index (χ1v) is 16.3. The molecule has 3 N–H and O–H groups in total. The highest BCUT2D eigenvalue weighted by atomic mass is 16.6. The third kappa shape index (κ3) is 27.3. The maximum absolute atomic E-state index is 11.8. The highest BCUT2D eigenvalue weighted by Gasteiger charge is 2.23. The molecule has 282 valence electrons. The summed E-state index contributed by atoms with van der Waals surface area (Å²) >= 11 is 0. The number of carbonyl (C=O) groups excluding carboxylic acids is 5. The SMILES string of the molecule is CC(C)(C)OC(=O)NNC(=O)CCOCCOCCOCCOCCOCCOCCOCCOCCNC(=O)CCN1C(=O)C=CC1=O. The largest absolute Gasteiger partial charge is 0.443 e. The molecule has 0 unspecified atom stereocenters. The molecule has 0 fully saturated rings. The van der Waals surface area contributed by atoms with Crippen molar-refractivity contribution in [2.24, 2.45) is 0 Å². The molecule has 0 aromatic carbocycles. The van der Waals surface area contributed by atoms with Crippen molar-refractivity contribution in [3.63, 3.8) is 0 Å². The molecule has 0 radical (unpaired) electrons. The average Bonchev–Trinajstić information content (AvgIpc) is 3.37. The smallest absolute Gasteiger partial charge is 0.426 e. The zero-order valence-electron chi connectivity index (χ0n) is 29.0.